The van der Waals surface area contributed by atoms with Crippen molar-refractivity contribution in [1.82, 2.24) is 9.78 Å². The Bertz CT molecular complexity index is 1120. The summed E-state index contributed by atoms with van der Waals surface area (Å²) in [6.45, 7) is 5.40. The predicted molar refractivity (Wildman–Crippen MR) is 119 cm³/mol. The number of para-hydroxylation sites is 1. The number of carbonyl (C=O) groups excluding carboxylic acids is 2. The van der Waals surface area contributed by atoms with Crippen molar-refractivity contribution >= 4 is 17.6 Å². The molecule has 160 valence electrons. The maximum absolute atomic E-state index is 12.5. The number of nitrogens with one attached hydrogen (secondary N) is 1. The first kappa shape index (κ1) is 20.8. The molecule has 0 aliphatic heterocycles. The highest BCUT2D eigenvalue weighted by Crippen LogP contribution is 2.25. The van der Waals surface area contributed by atoms with Crippen molar-refractivity contribution in [3.05, 3.63) is 76.6 Å². The number of aromatic nitrogens is 2. The molecule has 1 N–H and O–H groups in total. The number of carbonyl (C=O) groups is 2. The smallest absolute Gasteiger partial charge is 0.311 e. The molecule has 0 unspecified atom stereocenters. The van der Waals surface area contributed by atoms with Crippen molar-refractivity contribution < 1.29 is 14.3 Å². The highest BCUT2D eigenvalue weighted by Gasteiger charge is 2.22. The molecular formula is C25H27N3O3. The molecule has 0 bridgehead atoms. The predicted octanol–water partition coefficient (Wildman–Crippen LogP) is 4.09. The largest absolute Gasteiger partial charge is 0.452 e. The fourth-order valence-corrected chi connectivity index (χ4v) is 4.08. The van der Waals surface area contributed by atoms with Crippen molar-refractivity contribution in [2.24, 2.45) is 0 Å². The molecule has 1 atom stereocenters. The van der Waals surface area contributed by atoms with E-state index in [0.29, 0.717) is 0 Å². The Balaban J connectivity index is 1.38. The molecule has 0 saturated heterocycles. The first-order chi connectivity index (χ1) is 14.9. The van der Waals surface area contributed by atoms with Crippen LogP contribution in [0.1, 0.15) is 41.4 Å². The number of benzene rings is 2. The summed E-state index contributed by atoms with van der Waals surface area (Å²) in [6.07, 6.45) is 2.47. The fourth-order valence-electron chi connectivity index (χ4n) is 4.08. The first-order valence-electron chi connectivity index (χ1n) is 10.6. The zero-order chi connectivity index (χ0) is 22.0. The lowest BCUT2D eigenvalue weighted by atomic mass is 10.1. The maximum atomic E-state index is 12.5. The van der Waals surface area contributed by atoms with E-state index in [1.165, 1.54) is 11.1 Å². The van der Waals surface area contributed by atoms with Gasteiger partial charge in [0, 0.05) is 16.9 Å². The molecule has 1 heterocycles. The summed E-state index contributed by atoms with van der Waals surface area (Å²) < 4.78 is 7.24. The van der Waals surface area contributed by atoms with Crippen LogP contribution in [0.15, 0.2) is 48.5 Å². The molecule has 0 fully saturated rings. The fraction of sp³-hybridized carbons (Fsp3) is 0.320. The Hall–Kier alpha value is -3.41. The van der Waals surface area contributed by atoms with Crippen LogP contribution in [0.2, 0.25) is 0 Å². The molecule has 1 aliphatic rings. The molecule has 6 heteroatoms. The molecule has 0 spiro atoms. The number of esters is 1. The molecule has 0 saturated carbocycles. The van der Waals surface area contributed by atoms with Crippen LogP contribution in [0, 0.1) is 13.8 Å². The third-order valence-corrected chi connectivity index (χ3v) is 5.81. The van der Waals surface area contributed by atoms with E-state index in [1.54, 1.807) is 6.92 Å². The van der Waals surface area contributed by atoms with Gasteiger partial charge in [-0.25, -0.2) is 4.68 Å². The van der Waals surface area contributed by atoms with Crippen LogP contribution in [-0.2, 0) is 33.6 Å². The number of rotatable bonds is 6. The molecule has 1 aliphatic carbocycles. The summed E-state index contributed by atoms with van der Waals surface area (Å²) in [4.78, 5) is 25.1. The zero-order valence-electron chi connectivity index (χ0n) is 18.1. The van der Waals surface area contributed by atoms with E-state index in [1.807, 2.05) is 61.0 Å². The number of hydrogen-bond acceptors (Lipinski definition) is 4. The molecule has 1 aromatic heterocycles. The Morgan fingerprint density at radius 3 is 2.61 bits per heavy atom. The quantitative estimate of drug-likeness (QED) is 0.613. The average Bonchev–Trinajstić information content (AvgIpc) is 3.33. The molecule has 4 rings (SSSR count). The lowest BCUT2D eigenvalue weighted by Crippen LogP contribution is -2.30. The van der Waals surface area contributed by atoms with Crippen LogP contribution in [0.25, 0.3) is 5.69 Å². The summed E-state index contributed by atoms with van der Waals surface area (Å²) in [5, 5.41) is 7.42. The Kier molecular flexibility index (Phi) is 5.89. The minimum Gasteiger partial charge on any atom is -0.452 e. The SMILES string of the molecule is Cc1nn(-c2ccccc2)c(C)c1CC(=O)O[C@@H](C)C(=O)Nc1ccc2c(c1)CCC2. The highest BCUT2D eigenvalue weighted by molar-refractivity contribution is 5.95. The van der Waals surface area contributed by atoms with E-state index < -0.39 is 12.1 Å². The standard InChI is InChI=1S/C25H27N3O3/c1-16-23(17(2)28(27-16)22-10-5-4-6-11-22)15-24(29)31-18(3)25(30)26-21-13-12-19-8-7-9-20(19)14-21/h4-6,10-14,18H,7-9,15H2,1-3H3,(H,26,30)/t18-/m0/s1. The summed E-state index contributed by atoms with van der Waals surface area (Å²) in [7, 11) is 0. The number of fused-ring (bicyclic) bond motifs is 1. The van der Waals surface area contributed by atoms with Gasteiger partial charge in [-0.15, -0.1) is 0 Å². The minimum atomic E-state index is -0.884. The van der Waals surface area contributed by atoms with Crippen LogP contribution in [0.3, 0.4) is 0 Å². The average molecular weight is 418 g/mol. The molecule has 31 heavy (non-hydrogen) atoms. The second kappa shape index (κ2) is 8.76. The van der Waals surface area contributed by atoms with Crippen molar-refractivity contribution in [2.45, 2.75) is 52.6 Å². The van der Waals surface area contributed by atoms with Crippen molar-refractivity contribution in [3.63, 3.8) is 0 Å². The maximum Gasteiger partial charge on any atom is 0.311 e. The van der Waals surface area contributed by atoms with Gasteiger partial charge < -0.3 is 10.1 Å². The van der Waals surface area contributed by atoms with Gasteiger partial charge in [-0.1, -0.05) is 24.3 Å². The van der Waals surface area contributed by atoms with Crippen LogP contribution in [0.4, 0.5) is 5.69 Å². The Morgan fingerprint density at radius 1 is 1.10 bits per heavy atom. The first-order valence-corrected chi connectivity index (χ1v) is 10.6. The normalized spacial score (nSPS) is 13.5. The second-order valence-corrected chi connectivity index (χ2v) is 8.03. The van der Waals surface area contributed by atoms with E-state index in [4.69, 9.17) is 4.74 Å². The van der Waals surface area contributed by atoms with Gasteiger partial charge in [-0.3, -0.25) is 9.59 Å². The molecule has 3 aromatic rings. The monoisotopic (exact) mass is 417 g/mol. The van der Waals surface area contributed by atoms with Gasteiger partial charge >= 0.3 is 5.97 Å². The van der Waals surface area contributed by atoms with E-state index in [9.17, 15) is 9.59 Å². The number of anilines is 1. The zero-order valence-corrected chi connectivity index (χ0v) is 18.1. The number of ether oxygens (including phenoxy) is 1. The third kappa shape index (κ3) is 4.53. The van der Waals surface area contributed by atoms with Crippen LogP contribution >= 0.6 is 0 Å². The summed E-state index contributed by atoms with van der Waals surface area (Å²) >= 11 is 0. The van der Waals surface area contributed by atoms with Gasteiger partial charge in [0.05, 0.1) is 17.8 Å². The second-order valence-electron chi connectivity index (χ2n) is 8.03. The van der Waals surface area contributed by atoms with Gasteiger partial charge in [0.15, 0.2) is 6.10 Å². The van der Waals surface area contributed by atoms with Crippen LogP contribution in [-0.4, -0.2) is 27.8 Å². The number of aryl methyl sites for hydroxylation is 3. The highest BCUT2D eigenvalue weighted by atomic mass is 16.5. The van der Waals surface area contributed by atoms with Crippen molar-refractivity contribution in [3.8, 4) is 5.69 Å². The van der Waals surface area contributed by atoms with Crippen LogP contribution in [0.5, 0.6) is 0 Å². The molecular weight excluding hydrogens is 390 g/mol. The summed E-state index contributed by atoms with van der Waals surface area (Å²) in [6, 6.07) is 15.7. The van der Waals surface area contributed by atoms with Gasteiger partial charge in [0.25, 0.3) is 5.91 Å². The van der Waals surface area contributed by atoms with Gasteiger partial charge in [0.2, 0.25) is 0 Å². The Labute approximate surface area is 182 Å². The molecule has 2 aromatic carbocycles. The molecule has 6 nitrogen and oxygen atoms in total. The summed E-state index contributed by atoms with van der Waals surface area (Å²) in [5.74, 6) is -0.782. The van der Waals surface area contributed by atoms with Crippen molar-refractivity contribution in [2.75, 3.05) is 5.32 Å². The minimum absolute atomic E-state index is 0.0704. The lowest BCUT2D eigenvalue weighted by molar-refractivity contribution is -0.152. The van der Waals surface area contributed by atoms with Gasteiger partial charge in [-0.05, 0) is 75.4 Å². The topological polar surface area (TPSA) is 73.2 Å². The van der Waals surface area contributed by atoms with Gasteiger partial charge in [0.1, 0.15) is 0 Å². The van der Waals surface area contributed by atoms with E-state index in [-0.39, 0.29) is 12.3 Å². The van der Waals surface area contributed by atoms with E-state index in [0.717, 1.165) is 47.6 Å². The number of hydrogen-bond donors (Lipinski definition) is 1. The third-order valence-electron chi connectivity index (χ3n) is 5.81. The van der Waals surface area contributed by atoms with E-state index >= 15 is 0 Å². The molecule has 0 radical (unpaired) electrons. The molecule has 1 amide bonds. The van der Waals surface area contributed by atoms with E-state index in [2.05, 4.69) is 16.5 Å². The van der Waals surface area contributed by atoms with Crippen molar-refractivity contribution in [1.29, 1.82) is 0 Å². The van der Waals surface area contributed by atoms with Crippen LogP contribution < -0.4 is 5.32 Å². The number of nitrogens with zero attached hydrogens (tertiary/aromatic N) is 2. The lowest BCUT2D eigenvalue weighted by Gasteiger charge is -2.14. The van der Waals surface area contributed by atoms with Gasteiger partial charge in [-0.2, -0.15) is 5.10 Å². The number of amides is 1. The Morgan fingerprint density at radius 2 is 1.84 bits per heavy atom. The summed E-state index contributed by atoms with van der Waals surface area (Å²) in [5.41, 5.74) is 6.78.